The molecule has 0 saturated heterocycles. The van der Waals surface area contributed by atoms with E-state index in [1.54, 1.807) is 48.5 Å². The molecule has 0 aliphatic carbocycles. The average molecular weight is 384 g/mol. The third kappa shape index (κ3) is 3.80. The van der Waals surface area contributed by atoms with Crippen LogP contribution in [0.5, 0.6) is 0 Å². The van der Waals surface area contributed by atoms with Crippen molar-refractivity contribution in [3.63, 3.8) is 0 Å². The van der Waals surface area contributed by atoms with Gasteiger partial charge in [0.05, 0.1) is 22.2 Å². The van der Waals surface area contributed by atoms with E-state index in [-0.39, 0.29) is 5.56 Å². The smallest absolute Gasteiger partial charge is 0.335 e. The number of carboxylic acid groups (broad SMARTS) is 1. The number of hydrogen-bond donors (Lipinski definition) is 1. The Morgan fingerprint density at radius 2 is 1.73 bits per heavy atom. The van der Waals surface area contributed by atoms with E-state index in [4.69, 9.17) is 32.7 Å². The molecule has 1 heterocycles. The van der Waals surface area contributed by atoms with Crippen molar-refractivity contribution in [2.75, 3.05) is 0 Å². The summed E-state index contributed by atoms with van der Waals surface area (Å²) in [5.74, 6) is -0.0229. The number of furan rings is 1. The number of aromatic carboxylic acids is 1. The Kier molecular flexibility index (Phi) is 5.13. The quantitative estimate of drug-likeness (QED) is 0.559. The van der Waals surface area contributed by atoms with Crippen LogP contribution in [-0.4, -0.2) is 11.1 Å². The summed E-state index contributed by atoms with van der Waals surface area (Å²) in [7, 11) is 0. The zero-order valence-electron chi connectivity index (χ0n) is 13.2. The number of carbonyl (C=O) groups is 1. The van der Waals surface area contributed by atoms with E-state index in [2.05, 4.69) is 6.07 Å². The lowest BCUT2D eigenvalue weighted by atomic mass is 10.0. The fourth-order valence-corrected chi connectivity index (χ4v) is 2.76. The molecule has 0 spiro atoms. The van der Waals surface area contributed by atoms with Crippen molar-refractivity contribution in [1.29, 1.82) is 5.26 Å². The number of nitrogens with zero attached hydrogens (tertiary/aromatic N) is 1. The van der Waals surface area contributed by atoms with Crippen LogP contribution in [0.1, 0.15) is 21.7 Å². The molecule has 0 radical (unpaired) electrons. The Labute approximate surface area is 159 Å². The predicted octanol–water partition coefficient (Wildman–Crippen LogP) is 6.02. The molecule has 3 aromatic rings. The molecule has 128 valence electrons. The molecule has 0 amide bonds. The summed E-state index contributed by atoms with van der Waals surface area (Å²) in [6.45, 7) is 0. The highest BCUT2D eigenvalue weighted by molar-refractivity contribution is 6.35. The second-order valence-electron chi connectivity index (χ2n) is 5.38. The molecule has 0 bridgehead atoms. The fraction of sp³-hybridized carbons (Fsp3) is 0. The van der Waals surface area contributed by atoms with Crippen LogP contribution in [0.3, 0.4) is 0 Å². The van der Waals surface area contributed by atoms with Crippen LogP contribution >= 0.6 is 23.2 Å². The first-order chi connectivity index (χ1) is 12.5. The monoisotopic (exact) mass is 383 g/mol. The summed E-state index contributed by atoms with van der Waals surface area (Å²) in [6.07, 6.45) is 1.58. The Bertz CT molecular complexity index is 1040. The third-order valence-corrected chi connectivity index (χ3v) is 4.24. The van der Waals surface area contributed by atoms with Crippen LogP contribution in [0.2, 0.25) is 10.0 Å². The largest absolute Gasteiger partial charge is 0.478 e. The van der Waals surface area contributed by atoms with E-state index in [0.717, 1.165) is 0 Å². The third-order valence-electron chi connectivity index (χ3n) is 3.67. The summed E-state index contributed by atoms with van der Waals surface area (Å²) >= 11 is 12.2. The van der Waals surface area contributed by atoms with Crippen LogP contribution in [0, 0.1) is 11.3 Å². The van der Waals surface area contributed by atoms with Crippen molar-refractivity contribution >= 4 is 40.8 Å². The normalized spacial score (nSPS) is 11.2. The average Bonchev–Trinajstić information content (AvgIpc) is 3.10. The Hall–Kier alpha value is -3.00. The van der Waals surface area contributed by atoms with Crippen molar-refractivity contribution in [1.82, 2.24) is 0 Å². The highest BCUT2D eigenvalue weighted by atomic mass is 35.5. The highest BCUT2D eigenvalue weighted by Gasteiger charge is 2.10. The Balaban J connectivity index is 1.94. The molecule has 0 aliphatic rings. The summed E-state index contributed by atoms with van der Waals surface area (Å²) in [5.41, 5.74) is 1.75. The van der Waals surface area contributed by atoms with Gasteiger partial charge in [0.15, 0.2) is 0 Å². The van der Waals surface area contributed by atoms with Gasteiger partial charge in [-0.25, -0.2) is 4.79 Å². The van der Waals surface area contributed by atoms with Crippen molar-refractivity contribution in [3.05, 3.63) is 81.5 Å². The topological polar surface area (TPSA) is 74.2 Å². The maximum atomic E-state index is 10.9. The van der Waals surface area contributed by atoms with E-state index >= 15 is 0 Å². The number of rotatable bonds is 4. The van der Waals surface area contributed by atoms with E-state index in [0.29, 0.717) is 38.3 Å². The number of carboxylic acids is 1. The molecule has 0 aliphatic heterocycles. The molecule has 0 unspecified atom stereocenters. The minimum absolute atomic E-state index is 0.155. The lowest BCUT2D eigenvalue weighted by Crippen LogP contribution is -1.95. The molecule has 1 N–H and O–H groups in total. The first-order valence-corrected chi connectivity index (χ1v) is 8.24. The van der Waals surface area contributed by atoms with E-state index < -0.39 is 5.97 Å². The van der Waals surface area contributed by atoms with Gasteiger partial charge >= 0.3 is 5.97 Å². The summed E-state index contributed by atoms with van der Waals surface area (Å²) < 4.78 is 5.76. The van der Waals surface area contributed by atoms with E-state index in [9.17, 15) is 10.1 Å². The van der Waals surface area contributed by atoms with E-state index in [1.807, 2.05) is 0 Å². The van der Waals surface area contributed by atoms with Gasteiger partial charge in [-0.2, -0.15) is 5.26 Å². The first-order valence-electron chi connectivity index (χ1n) is 7.48. The maximum absolute atomic E-state index is 10.9. The van der Waals surface area contributed by atoms with Gasteiger partial charge in [0, 0.05) is 10.6 Å². The molecule has 1 aromatic heterocycles. The van der Waals surface area contributed by atoms with Crippen LogP contribution in [0.4, 0.5) is 0 Å². The molecule has 4 nitrogen and oxygen atoms in total. The van der Waals surface area contributed by atoms with Gasteiger partial charge in [-0.3, -0.25) is 0 Å². The molecule has 6 heteroatoms. The Morgan fingerprint density at radius 3 is 2.38 bits per heavy atom. The van der Waals surface area contributed by atoms with Gasteiger partial charge < -0.3 is 9.52 Å². The van der Waals surface area contributed by atoms with Crippen LogP contribution in [0.25, 0.3) is 23.0 Å². The zero-order valence-corrected chi connectivity index (χ0v) is 14.8. The number of allylic oxidation sites excluding steroid dienone is 1. The van der Waals surface area contributed by atoms with Crippen molar-refractivity contribution in [2.45, 2.75) is 0 Å². The van der Waals surface area contributed by atoms with E-state index in [1.165, 1.54) is 12.1 Å². The summed E-state index contributed by atoms with van der Waals surface area (Å²) in [4.78, 5) is 10.9. The minimum Gasteiger partial charge on any atom is -0.478 e. The molecule has 2 aromatic carbocycles. The SMILES string of the molecule is N#C/C(=C/c1ccc(-c2cc(Cl)ccc2Cl)o1)c1ccc(C(=O)O)cc1. The summed E-state index contributed by atoms with van der Waals surface area (Å²) in [6, 6.07) is 16.7. The van der Waals surface area contributed by atoms with Gasteiger partial charge in [0.1, 0.15) is 11.5 Å². The van der Waals surface area contributed by atoms with Crippen LogP contribution < -0.4 is 0 Å². The van der Waals surface area contributed by atoms with Crippen molar-refractivity contribution < 1.29 is 14.3 Å². The standard InChI is InChI=1S/C20H11Cl2NO3/c21-15-5-7-18(22)17(10-15)19-8-6-16(26-19)9-14(11-23)12-1-3-13(4-2-12)20(24)25/h1-10H,(H,24,25)/b14-9-. The van der Waals surface area contributed by atoms with Gasteiger partial charge in [-0.05, 0) is 54.1 Å². The second-order valence-corrected chi connectivity index (χ2v) is 6.22. The van der Waals surface area contributed by atoms with Gasteiger partial charge in [-0.1, -0.05) is 35.3 Å². The molecular weight excluding hydrogens is 373 g/mol. The van der Waals surface area contributed by atoms with Crippen LogP contribution in [-0.2, 0) is 0 Å². The van der Waals surface area contributed by atoms with Crippen molar-refractivity contribution in [3.8, 4) is 17.4 Å². The predicted molar refractivity (Wildman–Crippen MR) is 101 cm³/mol. The fourth-order valence-electron chi connectivity index (χ4n) is 2.38. The zero-order chi connectivity index (χ0) is 18.7. The molecule has 0 saturated carbocycles. The molecular formula is C20H11Cl2NO3. The van der Waals surface area contributed by atoms with Crippen molar-refractivity contribution in [2.24, 2.45) is 0 Å². The van der Waals surface area contributed by atoms with Crippen LogP contribution in [0.15, 0.2) is 59.0 Å². The number of benzene rings is 2. The molecule has 0 atom stereocenters. The molecule has 0 fully saturated rings. The Morgan fingerprint density at radius 1 is 1.04 bits per heavy atom. The molecule has 26 heavy (non-hydrogen) atoms. The lowest BCUT2D eigenvalue weighted by Gasteiger charge is -2.02. The highest BCUT2D eigenvalue weighted by Crippen LogP contribution is 2.32. The number of nitriles is 1. The number of hydrogen-bond acceptors (Lipinski definition) is 3. The molecule has 3 rings (SSSR count). The summed E-state index contributed by atoms with van der Waals surface area (Å²) in [5, 5.41) is 19.4. The number of halogens is 2. The lowest BCUT2D eigenvalue weighted by molar-refractivity contribution is 0.0697. The van der Waals surface area contributed by atoms with Gasteiger partial charge in [0.25, 0.3) is 0 Å². The minimum atomic E-state index is -1.02. The van der Waals surface area contributed by atoms with Gasteiger partial charge in [0.2, 0.25) is 0 Å². The first kappa shape index (κ1) is 17.8. The second kappa shape index (κ2) is 7.49. The van der Waals surface area contributed by atoms with Gasteiger partial charge in [-0.15, -0.1) is 0 Å². The maximum Gasteiger partial charge on any atom is 0.335 e.